The van der Waals surface area contributed by atoms with Crippen molar-refractivity contribution >= 4 is 17.4 Å². The molecule has 0 saturated heterocycles. The molecule has 60 valence electrons. The second kappa shape index (κ2) is 2.98. The number of nitrogens with two attached hydrogens (primary N) is 1. The van der Waals surface area contributed by atoms with Crippen LogP contribution in [0.15, 0.2) is 0 Å². The normalized spacial score (nSPS) is 9.82. The van der Waals surface area contributed by atoms with Crippen molar-refractivity contribution in [1.29, 1.82) is 0 Å². The van der Waals surface area contributed by atoms with Crippen LogP contribution in [-0.2, 0) is 0 Å². The molecule has 0 bridgehead atoms. The van der Waals surface area contributed by atoms with E-state index < -0.39 is 5.82 Å². The van der Waals surface area contributed by atoms with E-state index in [2.05, 4.69) is 15.4 Å². The van der Waals surface area contributed by atoms with E-state index in [0.29, 0.717) is 5.82 Å². The summed E-state index contributed by atoms with van der Waals surface area (Å²) in [4.78, 5) is 7.21. The fourth-order valence-corrected chi connectivity index (χ4v) is 0.832. The van der Waals surface area contributed by atoms with Gasteiger partial charge in [0.05, 0.1) is 0 Å². The van der Waals surface area contributed by atoms with Crippen LogP contribution in [0.25, 0.3) is 0 Å². The first-order valence-electron chi connectivity index (χ1n) is 2.81. The summed E-state index contributed by atoms with van der Waals surface area (Å²) in [6.07, 6.45) is 0. The van der Waals surface area contributed by atoms with Crippen molar-refractivity contribution in [2.45, 2.75) is 6.92 Å². The van der Waals surface area contributed by atoms with E-state index in [1.54, 1.807) is 6.92 Å². The van der Waals surface area contributed by atoms with Gasteiger partial charge in [0.15, 0.2) is 11.0 Å². The van der Waals surface area contributed by atoms with Crippen molar-refractivity contribution in [2.24, 2.45) is 5.84 Å². The van der Waals surface area contributed by atoms with Gasteiger partial charge in [0.1, 0.15) is 5.82 Å². The molecule has 0 aliphatic rings. The van der Waals surface area contributed by atoms with Gasteiger partial charge in [-0.3, -0.25) is 0 Å². The average Bonchev–Trinajstić information content (AvgIpc) is 1.96. The molecule has 11 heavy (non-hydrogen) atoms. The summed E-state index contributed by atoms with van der Waals surface area (Å²) in [5, 5.41) is -0.231. The number of nitrogens with one attached hydrogen (secondary N) is 1. The first-order chi connectivity index (χ1) is 5.15. The van der Waals surface area contributed by atoms with Gasteiger partial charge in [-0.15, -0.1) is 0 Å². The molecule has 1 heterocycles. The topological polar surface area (TPSA) is 63.8 Å². The first kappa shape index (κ1) is 8.16. The summed E-state index contributed by atoms with van der Waals surface area (Å²) < 4.78 is 12.8. The quantitative estimate of drug-likeness (QED) is 0.379. The van der Waals surface area contributed by atoms with E-state index in [1.807, 2.05) is 0 Å². The summed E-state index contributed by atoms with van der Waals surface area (Å²) in [5.41, 5.74) is 2.07. The fourth-order valence-electron chi connectivity index (χ4n) is 0.620. The van der Waals surface area contributed by atoms with Gasteiger partial charge >= 0.3 is 0 Å². The summed E-state index contributed by atoms with van der Waals surface area (Å²) in [6.45, 7) is 1.59. The van der Waals surface area contributed by atoms with E-state index in [4.69, 9.17) is 17.4 Å². The lowest BCUT2D eigenvalue weighted by molar-refractivity contribution is 0.615. The van der Waals surface area contributed by atoms with Crippen LogP contribution in [0.4, 0.5) is 10.2 Å². The highest BCUT2D eigenvalue weighted by Crippen LogP contribution is 2.17. The maximum absolute atomic E-state index is 12.8. The second-order valence-corrected chi connectivity index (χ2v) is 2.23. The van der Waals surface area contributed by atoms with Gasteiger partial charge in [-0.1, -0.05) is 11.6 Å². The summed E-state index contributed by atoms with van der Waals surface area (Å²) in [7, 11) is 0. The molecule has 0 unspecified atom stereocenters. The lowest BCUT2D eigenvalue weighted by atomic mass is 10.5. The molecule has 0 spiro atoms. The molecular formula is C5H6ClFN4. The van der Waals surface area contributed by atoms with E-state index in [9.17, 15) is 4.39 Å². The zero-order chi connectivity index (χ0) is 8.43. The number of anilines is 1. The van der Waals surface area contributed by atoms with E-state index in [0.717, 1.165) is 0 Å². The highest BCUT2D eigenvalue weighted by atomic mass is 35.5. The smallest absolute Gasteiger partial charge is 0.204 e. The number of nitrogens with zero attached hydrogens (tertiary/aromatic N) is 2. The van der Waals surface area contributed by atoms with Gasteiger partial charge in [-0.2, -0.15) is 4.39 Å². The van der Waals surface area contributed by atoms with E-state index in [1.165, 1.54) is 0 Å². The minimum atomic E-state index is -0.736. The number of aryl methyl sites for hydroxylation is 1. The molecule has 1 aromatic rings. The zero-order valence-electron chi connectivity index (χ0n) is 5.73. The van der Waals surface area contributed by atoms with Crippen molar-refractivity contribution < 1.29 is 4.39 Å². The van der Waals surface area contributed by atoms with Gasteiger partial charge < -0.3 is 5.43 Å². The van der Waals surface area contributed by atoms with Crippen LogP contribution in [0.3, 0.4) is 0 Å². The Morgan fingerprint density at radius 3 is 2.73 bits per heavy atom. The Labute approximate surface area is 67.6 Å². The van der Waals surface area contributed by atoms with Crippen molar-refractivity contribution in [3.63, 3.8) is 0 Å². The van der Waals surface area contributed by atoms with Crippen LogP contribution in [0.2, 0.25) is 5.15 Å². The molecule has 0 saturated carbocycles. The molecule has 0 aliphatic carbocycles. The molecular weight excluding hydrogens is 171 g/mol. The minimum absolute atomic E-state index is 0.0949. The van der Waals surface area contributed by atoms with Crippen LogP contribution in [0.5, 0.6) is 0 Å². The van der Waals surface area contributed by atoms with Crippen molar-refractivity contribution in [3.8, 4) is 0 Å². The number of aromatic nitrogens is 2. The first-order valence-corrected chi connectivity index (χ1v) is 3.19. The molecule has 0 aliphatic heterocycles. The summed E-state index contributed by atoms with van der Waals surface area (Å²) >= 11 is 5.38. The highest BCUT2D eigenvalue weighted by Gasteiger charge is 2.08. The lowest BCUT2D eigenvalue weighted by Gasteiger charge is -2.01. The molecule has 1 aromatic heterocycles. The molecule has 0 aromatic carbocycles. The largest absolute Gasteiger partial charge is 0.306 e. The Bertz CT molecular complexity index is 277. The molecule has 3 N–H and O–H groups in total. The fraction of sp³-hybridized carbons (Fsp3) is 0.200. The minimum Gasteiger partial charge on any atom is -0.306 e. The Hall–Kier alpha value is -0.940. The number of nitrogen functional groups attached to an aromatic ring is 1. The molecule has 1 rings (SSSR count). The maximum atomic E-state index is 12.8. The number of hydrazine groups is 1. The third kappa shape index (κ3) is 1.55. The van der Waals surface area contributed by atoms with Crippen LogP contribution in [0, 0.1) is 12.7 Å². The SMILES string of the molecule is Cc1nc(Cl)c(F)c(NN)n1. The van der Waals surface area contributed by atoms with E-state index >= 15 is 0 Å². The van der Waals surface area contributed by atoms with Crippen molar-refractivity contribution in [2.75, 3.05) is 5.43 Å². The number of hydrogen-bond donors (Lipinski definition) is 2. The van der Waals surface area contributed by atoms with Gasteiger partial charge in [0.25, 0.3) is 0 Å². The van der Waals surface area contributed by atoms with Gasteiger partial charge in [0.2, 0.25) is 5.82 Å². The van der Waals surface area contributed by atoms with Gasteiger partial charge in [-0.05, 0) is 6.92 Å². The molecule has 4 nitrogen and oxygen atoms in total. The number of hydrogen-bond acceptors (Lipinski definition) is 4. The molecule has 0 radical (unpaired) electrons. The molecule has 0 amide bonds. The zero-order valence-corrected chi connectivity index (χ0v) is 6.48. The number of rotatable bonds is 1. The standard InChI is InChI=1S/C5H6ClFN4/c1-2-9-4(6)3(7)5(10-2)11-8/h8H2,1H3,(H,9,10,11). The van der Waals surface area contributed by atoms with Crippen LogP contribution < -0.4 is 11.3 Å². The van der Waals surface area contributed by atoms with Gasteiger partial charge in [-0.25, -0.2) is 15.8 Å². The predicted molar refractivity (Wildman–Crippen MR) is 39.5 cm³/mol. The summed E-state index contributed by atoms with van der Waals surface area (Å²) in [5.74, 6) is 4.48. The maximum Gasteiger partial charge on any atom is 0.204 e. The van der Waals surface area contributed by atoms with Crippen LogP contribution in [0.1, 0.15) is 5.82 Å². The Kier molecular flexibility index (Phi) is 2.21. The number of halogens is 2. The Balaban J connectivity index is 3.24. The third-order valence-corrected chi connectivity index (χ3v) is 1.31. The van der Waals surface area contributed by atoms with Crippen LogP contribution >= 0.6 is 11.6 Å². The molecule has 6 heteroatoms. The Morgan fingerprint density at radius 2 is 2.18 bits per heavy atom. The lowest BCUT2D eigenvalue weighted by Crippen LogP contribution is -2.12. The molecule has 0 atom stereocenters. The van der Waals surface area contributed by atoms with E-state index in [-0.39, 0.29) is 11.0 Å². The van der Waals surface area contributed by atoms with Crippen molar-refractivity contribution in [1.82, 2.24) is 9.97 Å². The van der Waals surface area contributed by atoms with Crippen LogP contribution in [-0.4, -0.2) is 9.97 Å². The van der Waals surface area contributed by atoms with Gasteiger partial charge in [0, 0.05) is 0 Å². The van der Waals surface area contributed by atoms with Crippen molar-refractivity contribution in [3.05, 3.63) is 16.8 Å². The highest BCUT2D eigenvalue weighted by molar-refractivity contribution is 6.29. The summed E-state index contributed by atoms with van der Waals surface area (Å²) in [6, 6.07) is 0. The third-order valence-electron chi connectivity index (χ3n) is 1.06. The predicted octanol–water partition coefficient (Wildman–Crippen LogP) is 0.863. The average molecular weight is 177 g/mol. The molecule has 0 fully saturated rings. The Morgan fingerprint density at radius 1 is 1.55 bits per heavy atom. The monoisotopic (exact) mass is 176 g/mol. The second-order valence-electron chi connectivity index (χ2n) is 1.87.